The lowest BCUT2D eigenvalue weighted by atomic mass is 9.63. The summed E-state index contributed by atoms with van der Waals surface area (Å²) in [5.41, 5.74) is 2.63. The Kier molecular flexibility index (Phi) is 6.52. The van der Waals surface area contributed by atoms with Crippen molar-refractivity contribution in [3.8, 4) is 5.75 Å². The van der Waals surface area contributed by atoms with Crippen molar-refractivity contribution in [2.75, 3.05) is 19.8 Å². The Balaban J connectivity index is 1.76. The third-order valence-corrected chi connectivity index (χ3v) is 6.56. The number of rotatable bonds is 6. The summed E-state index contributed by atoms with van der Waals surface area (Å²) in [6.45, 7) is 9.38. The van der Waals surface area contributed by atoms with Crippen LogP contribution in [0.2, 0.25) is 0 Å². The molecule has 172 valence electrons. The largest absolute Gasteiger partial charge is 0.494 e. The fourth-order valence-corrected chi connectivity index (χ4v) is 5.24. The van der Waals surface area contributed by atoms with E-state index >= 15 is 0 Å². The molecular formula is C26H33NO5. The number of allylic oxidation sites excluding steroid dienone is 1. The van der Waals surface area contributed by atoms with Gasteiger partial charge in [0.15, 0.2) is 0 Å². The number of esters is 1. The van der Waals surface area contributed by atoms with Crippen LogP contribution in [0.25, 0.3) is 0 Å². The molecule has 1 saturated carbocycles. The first-order chi connectivity index (χ1) is 15.3. The zero-order valence-corrected chi connectivity index (χ0v) is 19.5. The molecule has 0 spiro atoms. The molecule has 1 saturated heterocycles. The molecule has 6 heteroatoms. The summed E-state index contributed by atoms with van der Waals surface area (Å²) in [7, 11) is 0. The van der Waals surface area contributed by atoms with Crippen molar-refractivity contribution in [3.05, 3.63) is 41.1 Å². The number of carbonyl (C=O) groups is 2. The quantitative estimate of drug-likeness (QED) is 0.605. The maximum atomic E-state index is 13.4. The van der Waals surface area contributed by atoms with E-state index in [2.05, 4.69) is 13.8 Å². The molecule has 1 unspecified atom stereocenters. The Morgan fingerprint density at radius 1 is 1.22 bits per heavy atom. The normalized spacial score (nSPS) is 27.1. The Hall–Kier alpha value is -2.47. The number of fused-ring (bicyclic) bond motifs is 1. The highest BCUT2D eigenvalue weighted by Crippen LogP contribution is 2.48. The van der Waals surface area contributed by atoms with Gasteiger partial charge in [0.2, 0.25) is 0 Å². The van der Waals surface area contributed by atoms with Gasteiger partial charge in [0.1, 0.15) is 18.1 Å². The van der Waals surface area contributed by atoms with Gasteiger partial charge in [-0.3, -0.25) is 9.79 Å². The van der Waals surface area contributed by atoms with Crippen molar-refractivity contribution in [3.63, 3.8) is 0 Å². The summed E-state index contributed by atoms with van der Waals surface area (Å²) in [5.74, 6) is -0.552. The molecule has 3 atom stereocenters. The lowest BCUT2D eigenvalue weighted by Crippen LogP contribution is -2.44. The zero-order chi connectivity index (χ0) is 22.9. The van der Waals surface area contributed by atoms with Gasteiger partial charge in [-0.2, -0.15) is 0 Å². The molecule has 2 heterocycles. The highest BCUT2D eigenvalue weighted by Gasteiger charge is 2.48. The molecule has 32 heavy (non-hydrogen) atoms. The third-order valence-electron chi connectivity index (χ3n) is 6.56. The number of ether oxygens (including phenoxy) is 3. The highest BCUT2D eigenvalue weighted by atomic mass is 16.6. The van der Waals surface area contributed by atoms with E-state index < -0.39 is 17.8 Å². The number of hydrogen-bond donors (Lipinski definition) is 0. The standard InChI is InChI=1S/C26H33NO5/c1-5-30-21-11-7-6-10-18(21)23-22(25(29)32-15-17-9-8-12-31-17)16(2)27-19-13-26(3,4)14-20(28)24(19)23/h6-7,10-11,17,23-24H,5,8-9,12-15H2,1-4H3/t17-,23-,24?/m1/s1. The first-order valence-electron chi connectivity index (χ1n) is 11.6. The van der Waals surface area contributed by atoms with Crippen molar-refractivity contribution < 1.29 is 23.8 Å². The minimum atomic E-state index is -0.474. The van der Waals surface area contributed by atoms with E-state index in [0.29, 0.717) is 36.7 Å². The molecule has 6 nitrogen and oxygen atoms in total. The molecule has 0 aromatic heterocycles. The van der Waals surface area contributed by atoms with Crippen LogP contribution in [0.3, 0.4) is 0 Å². The number of Topliss-reactive ketones (excluding diaryl/α,β-unsaturated/α-hetero) is 1. The van der Waals surface area contributed by atoms with Crippen LogP contribution in [0, 0.1) is 11.3 Å². The molecule has 1 aromatic carbocycles. The second-order valence-electron chi connectivity index (χ2n) is 9.75. The second-order valence-corrected chi connectivity index (χ2v) is 9.75. The summed E-state index contributed by atoms with van der Waals surface area (Å²) in [6.07, 6.45) is 3.00. The molecular weight excluding hydrogens is 406 g/mol. The zero-order valence-electron chi connectivity index (χ0n) is 19.5. The van der Waals surface area contributed by atoms with Gasteiger partial charge in [-0.25, -0.2) is 4.79 Å². The Bertz CT molecular complexity index is 955. The predicted octanol–water partition coefficient (Wildman–Crippen LogP) is 4.63. The number of aliphatic imine (C=N–C) groups is 1. The van der Waals surface area contributed by atoms with E-state index in [1.807, 2.05) is 38.1 Å². The van der Waals surface area contributed by atoms with Gasteiger partial charge < -0.3 is 14.2 Å². The van der Waals surface area contributed by atoms with E-state index in [9.17, 15) is 9.59 Å². The van der Waals surface area contributed by atoms with Gasteiger partial charge in [0.05, 0.1) is 24.2 Å². The lowest BCUT2D eigenvalue weighted by Gasteiger charge is -2.41. The number of benzene rings is 1. The predicted molar refractivity (Wildman–Crippen MR) is 122 cm³/mol. The van der Waals surface area contributed by atoms with Crippen LogP contribution in [0.15, 0.2) is 40.5 Å². The molecule has 2 aliphatic heterocycles. The van der Waals surface area contributed by atoms with Crippen molar-refractivity contribution in [2.24, 2.45) is 16.3 Å². The van der Waals surface area contributed by atoms with Crippen LogP contribution < -0.4 is 4.74 Å². The fourth-order valence-electron chi connectivity index (χ4n) is 5.24. The minimum absolute atomic E-state index is 0.0613. The summed E-state index contributed by atoms with van der Waals surface area (Å²) < 4.78 is 17.2. The number of carbonyl (C=O) groups excluding carboxylic acids is 2. The smallest absolute Gasteiger partial charge is 0.336 e. The average molecular weight is 440 g/mol. The summed E-state index contributed by atoms with van der Waals surface area (Å²) in [4.78, 5) is 31.6. The van der Waals surface area contributed by atoms with Gasteiger partial charge in [-0.1, -0.05) is 32.0 Å². The van der Waals surface area contributed by atoms with E-state index in [1.54, 1.807) is 0 Å². The van der Waals surface area contributed by atoms with Crippen molar-refractivity contribution >= 4 is 17.5 Å². The Morgan fingerprint density at radius 3 is 2.72 bits per heavy atom. The van der Waals surface area contributed by atoms with E-state index in [1.165, 1.54) is 0 Å². The first-order valence-corrected chi connectivity index (χ1v) is 11.6. The van der Waals surface area contributed by atoms with Gasteiger partial charge in [0, 0.05) is 35.9 Å². The maximum Gasteiger partial charge on any atom is 0.336 e. The number of ketones is 1. The topological polar surface area (TPSA) is 74.2 Å². The number of hydrogen-bond acceptors (Lipinski definition) is 6. The molecule has 4 rings (SSSR count). The van der Waals surface area contributed by atoms with Gasteiger partial charge >= 0.3 is 5.97 Å². The van der Waals surface area contributed by atoms with Crippen LogP contribution in [0.4, 0.5) is 0 Å². The Morgan fingerprint density at radius 2 is 2.00 bits per heavy atom. The van der Waals surface area contributed by atoms with Crippen LogP contribution in [0.1, 0.15) is 64.9 Å². The van der Waals surface area contributed by atoms with E-state index in [0.717, 1.165) is 30.5 Å². The van der Waals surface area contributed by atoms with Crippen LogP contribution in [-0.4, -0.2) is 43.4 Å². The molecule has 0 radical (unpaired) electrons. The summed E-state index contributed by atoms with van der Waals surface area (Å²) >= 11 is 0. The average Bonchev–Trinajstić information content (AvgIpc) is 3.24. The molecule has 1 aliphatic carbocycles. The molecule has 1 aromatic rings. The van der Waals surface area contributed by atoms with Gasteiger partial charge in [0.25, 0.3) is 0 Å². The maximum absolute atomic E-state index is 13.4. The van der Waals surface area contributed by atoms with E-state index in [-0.39, 0.29) is 23.9 Å². The van der Waals surface area contributed by atoms with Crippen molar-refractivity contribution in [1.82, 2.24) is 0 Å². The second kappa shape index (κ2) is 9.18. The van der Waals surface area contributed by atoms with Crippen molar-refractivity contribution in [1.29, 1.82) is 0 Å². The highest BCUT2D eigenvalue weighted by molar-refractivity contribution is 6.12. The molecule has 3 aliphatic rings. The Labute approximate surface area is 190 Å². The fraction of sp³-hybridized carbons (Fsp3) is 0.577. The lowest BCUT2D eigenvalue weighted by molar-refractivity contribution is -0.142. The van der Waals surface area contributed by atoms with Gasteiger partial charge in [-0.15, -0.1) is 0 Å². The van der Waals surface area contributed by atoms with Crippen LogP contribution in [-0.2, 0) is 19.1 Å². The SMILES string of the molecule is CCOc1ccccc1[C@@H]1C(C(=O)OC[C@H]2CCCO2)=C(C)N=C2CC(C)(C)CC(=O)C21. The molecule has 2 fully saturated rings. The van der Waals surface area contributed by atoms with Crippen molar-refractivity contribution in [2.45, 2.75) is 65.4 Å². The van der Waals surface area contributed by atoms with Crippen LogP contribution >= 0.6 is 0 Å². The van der Waals surface area contributed by atoms with Crippen LogP contribution in [0.5, 0.6) is 5.75 Å². The monoisotopic (exact) mass is 439 g/mol. The third kappa shape index (κ3) is 4.51. The molecule has 0 N–H and O–H groups in total. The number of nitrogens with zero attached hydrogens (tertiary/aromatic N) is 1. The minimum Gasteiger partial charge on any atom is -0.494 e. The molecule has 0 amide bonds. The summed E-state index contributed by atoms with van der Waals surface area (Å²) in [5, 5.41) is 0. The van der Waals surface area contributed by atoms with E-state index in [4.69, 9.17) is 19.2 Å². The van der Waals surface area contributed by atoms with Gasteiger partial charge in [-0.05, 0) is 44.6 Å². The first kappa shape index (κ1) is 22.7. The number of para-hydroxylation sites is 1. The summed E-state index contributed by atoms with van der Waals surface area (Å²) in [6, 6.07) is 7.67. The molecule has 0 bridgehead atoms.